The minimum atomic E-state index is 0.146. The van der Waals surface area contributed by atoms with Gasteiger partial charge in [0.15, 0.2) is 0 Å². The topological polar surface area (TPSA) is 44.7 Å². The lowest BCUT2D eigenvalue weighted by Gasteiger charge is -2.40. The Labute approximate surface area is 115 Å². The van der Waals surface area contributed by atoms with Crippen LogP contribution in [0.2, 0.25) is 0 Å². The van der Waals surface area contributed by atoms with Crippen LogP contribution >= 0.6 is 0 Å². The van der Waals surface area contributed by atoms with E-state index in [4.69, 9.17) is 4.74 Å². The van der Waals surface area contributed by atoms with E-state index in [9.17, 15) is 5.11 Å². The molecule has 0 aliphatic carbocycles. The van der Waals surface area contributed by atoms with Crippen molar-refractivity contribution in [1.82, 2.24) is 5.32 Å². The molecule has 2 unspecified atom stereocenters. The Morgan fingerprint density at radius 3 is 2.63 bits per heavy atom. The maximum atomic E-state index is 9.48. The van der Waals surface area contributed by atoms with Gasteiger partial charge in [-0.25, -0.2) is 0 Å². The van der Waals surface area contributed by atoms with Gasteiger partial charge in [0.2, 0.25) is 0 Å². The Hall–Kier alpha value is -1.26. The molecule has 0 aromatic heterocycles. The summed E-state index contributed by atoms with van der Waals surface area (Å²) in [4.78, 5) is 2.26. The minimum absolute atomic E-state index is 0.146. The summed E-state index contributed by atoms with van der Waals surface area (Å²) in [6, 6.07) is 8.71. The highest BCUT2D eigenvalue weighted by molar-refractivity contribution is 5.50. The highest BCUT2D eigenvalue weighted by atomic mass is 16.5. The first-order chi connectivity index (χ1) is 9.10. The van der Waals surface area contributed by atoms with Gasteiger partial charge in [-0.2, -0.15) is 0 Å². The third kappa shape index (κ3) is 3.61. The van der Waals surface area contributed by atoms with Crippen molar-refractivity contribution in [2.75, 3.05) is 24.6 Å². The molecule has 1 aromatic carbocycles. The van der Waals surface area contributed by atoms with Crippen LogP contribution in [0.4, 0.5) is 5.69 Å². The Morgan fingerprint density at radius 2 is 2.05 bits per heavy atom. The summed E-state index contributed by atoms with van der Waals surface area (Å²) in [5.74, 6) is 0.891. The molecule has 4 heteroatoms. The lowest BCUT2D eigenvalue weighted by molar-refractivity contribution is 0.237. The average Bonchev–Trinajstić information content (AvgIpc) is 2.39. The van der Waals surface area contributed by atoms with Gasteiger partial charge in [-0.3, -0.25) is 0 Å². The molecule has 0 spiro atoms. The Kier molecular flexibility index (Phi) is 4.66. The zero-order valence-corrected chi connectivity index (χ0v) is 12.0. The monoisotopic (exact) mass is 264 g/mol. The molecule has 2 rings (SSSR count). The van der Waals surface area contributed by atoms with Crippen molar-refractivity contribution < 1.29 is 9.84 Å². The van der Waals surface area contributed by atoms with Crippen LogP contribution in [0.3, 0.4) is 0 Å². The summed E-state index contributed by atoms with van der Waals surface area (Å²) < 4.78 is 5.65. The number of piperazine rings is 1. The molecule has 106 valence electrons. The van der Waals surface area contributed by atoms with Gasteiger partial charge in [0.1, 0.15) is 5.75 Å². The normalized spacial score (nSPS) is 23.7. The fourth-order valence-electron chi connectivity index (χ4n) is 2.42. The zero-order valence-electron chi connectivity index (χ0n) is 12.0. The maximum absolute atomic E-state index is 9.48. The first kappa shape index (κ1) is 14.2. The Bertz CT molecular complexity index is 392. The van der Waals surface area contributed by atoms with Crippen LogP contribution in [0.25, 0.3) is 0 Å². The van der Waals surface area contributed by atoms with Crippen molar-refractivity contribution in [2.24, 2.45) is 0 Å². The van der Waals surface area contributed by atoms with Crippen molar-refractivity contribution in [1.29, 1.82) is 0 Å². The predicted octanol–water partition coefficient (Wildman–Crippen LogP) is 1.63. The van der Waals surface area contributed by atoms with Crippen LogP contribution in [0.5, 0.6) is 5.75 Å². The van der Waals surface area contributed by atoms with E-state index >= 15 is 0 Å². The summed E-state index contributed by atoms with van der Waals surface area (Å²) in [5, 5.41) is 12.9. The number of aliphatic hydroxyl groups excluding tert-OH is 1. The van der Waals surface area contributed by atoms with Crippen LogP contribution in [0.15, 0.2) is 24.3 Å². The van der Waals surface area contributed by atoms with Gasteiger partial charge in [-0.15, -0.1) is 0 Å². The van der Waals surface area contributed by atoms with Crippen LogP contribution in [-0.4, -0.2) is 43.0 Å². The van der Waals surface area contributed by atoms with Crippen molar-refractivity contribution in [3.63, 3.8) is 0 Å². The molecule has 0 amide bonds. The SMILES string of the molecule is CC1CN(c2ccc(OC(C)C)cc2)C(CO)CN1. The summed E-state index contributed by atoms with van der Waals surface area (Å²) in [7, 11) is 0. The van der Waals surface area contributed by atoms with E-state index in [0.717, 1.165) is 24.5 Å². The van der Waals surface area contributed by atoms with Crippen LogP contribution in [0.1, 0.15) is 20.8 Å². The highest BCUT2D eigenvalue weighted by Crippen LogP contribution is 2.23. The molecule has 0 saturated carbocycles. The van der Waals surface area contributed by atoms with Gasteiger partial charge in [-0.05, 0) is 45.0 Å². The van der Waals surface area contributed by atoms with E-state index in [-0.39, 0.29) is 18.8 Å². The number of benzene rings is 1. The van der Waals surface area contributed by atoms with Gasteiger partial charge >= 0.3 is 0 Å². The smallest absolute Gasteiger partial charge is 0.119 e. The lowest BCUT2D eigenvalue weighted by Crippen LogP contribution is -2.57. The molecule has 1 aliphatic heterocycles. The molecule has 1 heterocycles. The first-order valence-corrected chi connectivity index (χ1v) is 6.97. The number of ether oxygens (including phenoxy) is 1. The minimum Gasteiger partial charge on any atom is -0.491 e. The molecule has 1 saturated heterocycles. The van der Waals surface area contributed by atoms with Gasteiger partial charge in [0.25, 0.3) is 0 Å². The van der Waals surface area contributed by atoms with E-state index in [0.29, 0.717) is 6.04 Å². The number of rotatable bonds is 4. The molecule has 19 heavy (non-hydrogen) atoms. The molecule has 4 nitrogen and oxygen atoms in total. The number of aliphatic hydroxyl groups is 1. The van der Waals surface area contributed by atoms with Gasteiger partial charge in [-0.1, -0.05) is 0 Å². The molecule has 0 bridgehead atoms. The molecular weight excluding hydrogens is 240 g/mol. The van der Waals surface area contributed by atoms with Gasteiger partial charge in [0.05, 0.1) is 18.8 Å². The zero-order chi connectivity index (χ0) is 13.8. The number of nitrogens with one attached hydrogen (secondary N) is 1. The molecule has 1 aliphatic rings. The molecule has 0 radical (unpaired) electrons. The fraction of sp³-hybridized carbons (Fsp3) is 0.600. The number of hydrogen-bond acceptors (Lipinski definition) is 4. The van der Waals surface area contributed by atoms with E-state index in [2.05, 4.69) is 29.3 Å². The van der Waals surface area contributed by atoms with E-state index in [1.165, 1.54) is 0 Å². The third-order valence-electron chi connectivity index (χ3n) is 3.36. The van der Waals surface area contributed by atoms with E-state index in [1.807, 2.05) is 26.0 Å². The molecular formula is C15H24N2O2. The number of hydrogen-bond donors (Lipinski definition) is 2. The first-order valence-electron chi connectivity index (χ1n) is 6.97. The maximum Gasteiger partial charge on any atom is 0.119 e. The third-order valence-corrected chi connectivity index (χ3v) is 3.36. The van der Waals surface area contributed by atoms with E-state index < -0.39 is 0 Å². The highest BCUT2D eigenvalue weighted by Gasteiger charge is 2.25. The van der Waals surface area contributed by atoms with Crippen LogP contribution < -0.4 is 15.0 Å². The lowest BCUT2D eigenvalue weighted by atomic mass is 10.1. The number of anilines is 1. The predicted molar refractivity (Wildman–Crippen MR) is 77.9 cm³/mol. The quantitative estimate of drug-likeness (QED) is 0.867. The molecule has 1 aromatic rings. The fourth-order valence-corrected chi connectivity index (χ4v) is 2.42. The molecule has 2 N–H and O–H groups in total. The van der Waals surface area contributed by atoms with Crippen molar-refractivity contribution >= 4 is 5.69 Å². The van der Waals surface area contributed by atoms with Crippen molar-refractivity contribution in [3.05, 3.63) is 24.3 Å². The molecule has 2 atom stereocenters. The second-order valence-corrected chi connectivity index (χ2v) is 5.46. The van der Waals surface area contributed by atoms with Crippen LogP contribution in [0, 0.1) is 0 Å². The van der Waals surface area contributed by atoms with Gasteiger partial charge < -0.3 is 20.1 Å². The van der Waals surface area contributed by atoms with Crippen molar-refractivity contribution in [3.8, 4) is 5.75 Å². The Morgan fingerprint density at radius 1 is 1.37 bits per heavy atom. The standard InChI is InChI=1S/C15H24N2O2/c1-11(2)19-15-6-4-13(5-7-15)17-9-12(3)16-8-14(17)10-18/h4-7,11-12,14,16,18H,8-10H2,1-3H3. The summed E-state index contributed by atoms with van der Waals surface area (Å²) in [5.41, 5.74) is 1.14. The number of nitrogens with zero attached hydrogens (tertiary/aromatic N) is 1. The largest absolute Gasteiger partial charge is 0.491 e. The van der Waals surface area contributed by atoms with Crippen LogP contribution in [-0.2, 0) is 0 Å². The van der Waals surface area contributed by atoms with Gasteiger partial charge in [0, 0.05) is 24.8 Å². The second-order valence-electron chi connectivity index (χ2n) is 5.46. The second kappa shape index (κ2) is 6.26. The Balaban J connectivity index is 2.10. The summed E-state index contributed by atoms with van der Waals surface area (Å²) >= 11 is 0. The molecule has 1 fully saturated rings. The van der Waals surface area contributed by atoms with Crippen molar-refractivity contribution in [2.45, 2.75) is 39.0 Å². The average molecular weight is 264 g/mol. The van der Waals surface area contributed by atoms with E-state index in [1.54, 1.807) is 0 Å². The summed E-state index contributed by atoms with van der Waals surface area (Å²) in [6.07, 6.45) is 0.190. The summed E-state index contributed by atoms with van der Waals surface area (Å²) in [6.45, 7) is 8.11.